The fourth-order valence-electron chi connectivity index (χ4n) is 5.48. The Bertz CT molecular complexity index is 1500. The summed E-state index contributed by atoms with van der Waals surface area (Å²) in [5, 5.41) is 1.20. The number of nitrogens with zero attached hydrogens (tertiary/aromatic N) is 7. The van der Waals surface area contributed by atoms with Gasteiger partial charge in [-0.25, -0.2) is 9.97 Å². The van der Waals surface area contributed by atoms with Gasteiger partial charge in [0.1, 0.15) is 34.8 Å². The highest BCUT2D eigenvalue weighted by molar-refractivity contribution is 5.78. The normalized spacial score (nSPS) is 17.0. The van der Waals surface area contributed by atoms with Crippen LogP contribution >= 0.6 is 0 Å². The first kappa shape index (κ1) is 22.2. The van der Waals surface area contributed by atoms with E-state index in [1.165, 1.54) is 11.2 Å². The highest BCUT2D eigenvalue weighted by atomic mass is 16.5. The number of fused-ring (bicyclic) bond motifs is 2. The molecule has 2 fully saturated rings. The number of pyridine rings is 2. The highest BCUT2D eigenvalue weighted by Crippen LogP contribution is 2.24. The topological polar surface area (TPSA) is 54.1 Å². The Balaban J connectivity index is 0.971. The summed E-state index contributed by atoms with van der Waals surface area (Å²) in [4.78, 5) is 16.8. The molecule has 0 amide bonds. The number of piperazine rings is 1. The number of likely N-dealkylation sites (tertiary alicyclic amines) is 1. The first-order valence-corrected chi connectivity index (χ1v) is 13.1. The average Bonchev–Trinajstić information content (AvgIpc) is 3.57. The van der Waals surface area contributed by atoms with E-state index in [-0.39, 0.29) is 6.10 Å². The van der Waals surface area contributed by atoms with Crippen LogP contribution in [-0.2, 0) is 6.54 Å². The molecule has 5 aromatic rings. The van der Waals surface area contributed by atoms with E-state index < -0.39 is 0 Å². The van der Waals surface area contributed by atoms with Crippen LogP contribution in [0, 0.1) is 0 Å². The van der Waals surface area contributed by atoms with Crippen molar-refractivity contribution in [2.75, 3.05) is 55.6 Å². The number of hydrogen-bond donors (Lipinski definition) is 0. The molecule has 188 valence electrons. The minimum Gasteiger partial charge on any atom is -0.488 e. The molecule has 37 heavy (non-hydrogen) atoms. The first-order chi connectivity index (χ1) is 18.3. The third-order valence-electron chi connectivity index (χ3n) is 7.56. The highest BCUT2D eigenvalue weighted by Gasteiger charge is 2.28. The second-order valence-corrected chi connectivity index (χ2v) is 9.92. The monoisotopic (exact) mass is 493 g/mol. The van der Waals surface area contributed by atoms with Gasteiger partial charge < -0.3 is 19.1 Å². The summed E-state index contributed by atoms with van der Waals surface area (Å²) in [6.45, 7) is 7.69. The number of aromatic nitrogens is 4. The molecule has 8 heteroatoms. The molecule has 0 N–H and O–H groups in total. The molecule has 0 radical (unpaired) electrons. The van der Waals surface area contributed by atoms with Gasteiger partial charge in [0.15, 0.2) is 0 Å². The number of ether oxygens (including phenoxy) is 1. The van der Waals surface area contributed by atoms with Gasteiger partial charge in [-0.05, 0) is 42.5 Å². The van der Waals surface area contributed by atoms with Gasteiger partial charge in [-0.1, -0.05) is 24.3 Å². The molecule has 0 spiro atoms. The summed E-state index contributed by atoms with van der Waals surface area (Å²) < 4.78 is 10.5. The van der Waals surface area contributed by atoms with E-state index in [1.807, 2.05) is 48.8 Å². The molecule has 2 saturated heterocycles. The van der Waals surface area contributed by atoms with Crippen LogP contribution < -0.4 is 14.5 Å². The molecule has 0 saturated carbocycles. The molecule has 8 nitrogen and oxygen atoms in total. The molecule has 1 aromatic carbocycles. The van der Waals surface area contributed by atoms with Gasteiger partial charge in [0.25, 0.3) is 0 Å². The second-order valence-electron chi connectivity index (χ2n) is 9.92. The van der Waals surface area contributed by atoms with Crippen molar-refractivity contribution in [1.82, 2.24) is 23.8 Å². The molecule has 0 unspecified atom stereocenters. The van der Waals surface area contributed by atoms with Crippen LogP contribution in [0.4, 0.5) is 11.6 Å². The predicted octanol–water partition coefficient (Wildman–Crippen LogP) is 3.77. The fourth-order valence-corrected chi connectivity index (χ4v) is 5.48. The van der Waals surface area contributed by atoms with E-state index in [1.54, 1.807) is 0 Å². The van der Waals surface area contributed by atoms with Gasteiger partial charge in [-0.2, -0.15) is 0 Å². The zero-order valence-electron chi connectivity index (χ0n) is 20.9. The largest absolute Gasteiger partial charge is 0.488 e. The van der Waals surface area contributed by atoms with Gasteiger partial charge in [-0.15, -0.1) is 0 Å². The van der Waals surface area contributed by atoms with Gasteiger partial charge in [0.05, 0.1) is 0 Å². The van der Waals surface area contributed by atoms with Gasteiger partial charge in [0.2, 0.25) is 0 Å². The summed E-state index contributed by atoms with van der Waals surface area (Å²) in [5.74, 6) is 3.22. The van der Waals surface area contributed by atoms with E-state index in [0.717, 1.165) is 75.2 Å². The first-order valence-electron chi connectivity index (χ1n) is 13.1. The minimum atomic E-state index is 0.285. The Morgan fingerprint density at radius 2 is 1.62 bits per heavy atom. The van der Waals surface area contributed by atoms with Gasteiger partial charge in [0, 0.05) is 76.3 Å². The third kappa shape index (κ3) is 4.38. The van der Waals surface area contributed by atoms with E-state index in [0.29, 0.717) is 0 Å². The number of rotatable bonds is 7. The van der Waals surface area contributed by atoms with Crippen molar-refractivity contribution in [3.05, 3.63) is 85.3 Å². The number of para-hydroxylation sites is 1. The lowest BCUT2D eigenvalue weighted by Crippen LogP contribution is -2.54. The van der Waals surface area contributed by atoms with Crippen LogP contribution in [0.5, 0.6) is 5.75 Å². The third-order valence-corrected chi connectivity index (χ3v) is 7.56. The zero-order valence-corrected chi connectivity index (χ0v) is 20.9. The fraction of sp³-hybridized carbons (Fsp3) is 0.310. The maximum absolute atomic E-state index is 6.05. The number of benzene rings is 1. The molecule has 0 bridgehead atoms. The van der Waals surface area contributed by atoms with Crippen LogP contribution in [0.15, 0.2) is 85.3 Å². The Morgan fingerprint density at radius 3 is 2.49 bits per heavy atom. The Kier molecular flexibility index (Phi) is 5.66. The molecular formula is C29H31N7O. The Morgan fingerprint density at radius 1 is 0.784 bits per heavy atom. The van der Waals surface area contributed by atoms with Crippen molar-refractivity contribution < 1.29 is 4.74 Å². The van der Waals surface area contributed by atoms with E-state index in [4.69, 9.17) is 9.72 Å². The van der Waals surface area contributed by atoms with Gasteiger partial charge in [-0.3, -0.25) is 9.30 Å². The van der Waals surface area contributed by atoms with Crippen LogP contribution in [-0.4, -0.2) is 75.8 Å². The quantitative estimate of drug-likeness (QED) is 0.344. The van der Waals surface area contributed by atoms with Crippen LogP contribution in [0.1, 0.15) is 0 Å². The zero-order chi connectivity index (χ0) is 24.6. The summed E-state index contributed by atoms with van der Waals surface area (Å²) in [5.41, 5.74) is 2.06. The van der Waals surface area contributed by atoms with Crippen molar-refractivity contribution in [3.63, 3.8) is 0 Å². The maximum atomic E-state index is 6.05. The van der Waals surface area contributed by atoms with Crippen molar-refractivity contribution >= 4 is 28.3 Å². The standard InChI is InChI=1S/C29H31N7O/c1-2-5-24(6-3-1)37-25-21-32(22-25)15-16-35-13-11-23-9-10-27(31-29(23)35)33-17-19-34(20-18-33)28-8-4-7-26-30-12-14-36(26)28/h1-14,25H,15-22H2. The SMILES string of the molecule is c1ccc(OC2CN(CCn3ccc4ccc(N5CCN(c6cccc7nccn67)CC5)nc43)C2)cc1. The molecule has 0 aliphatic carbocycles. The maximum Gasteiger partial charge on any atom is 0.142 e. The lowest BCUT2D eigenvalue weighted by atomic mass is 10.1. The number of imidazole rings is 1. The summed E-state index contributed by atoms with van der Waals surface area (Å²) in [6, 6.07) is 23.0. The summed E-state index contributed by atoms with van der Waals surface area (Å²) >= 11 is 0. The van der Waals surface area contributed by atoms with E-state index in [9.17, 15) is 0 Å². The lowest BCUT2D eigenvalue weighted by molar-refractivity contribution is 0.0182. The van der Waals surface area contributed by atoms with Crippen LogP contribution in [0.2, 0.25) is 0 Å². The number of hydrogen-bond acceptors (Lipinski definition) is 6. The van der Waals surface area contributed by atoms with Crippen LogP contribution in [0.3, 0.4) is 0 Å². The molecule has 7 rings (SSSR count). The number of anilines is 2. The van der Waals surface area contributed by atoms with Crippen LogP contribution in [0.25, 0.3) is 16.7 Å². The van der Waals surface area contributed by atoms with E-state index >= 15 is 0 Å². The average molecular weight is 494 g/mol. The lowest BCUT2D eigenvalue weighted by Gasteiger charge is -2.39. The molecule has 4 aromatic heterocycles. The molecule has 2 aliphatic rings. The Hall–Kier alpha value is -4.04. The minimum absolute atomic E-state index is 0.285. The Labute approximate surface area is 216 Å². The smallest absolute Gasteiger partial charge is 0.142 e. The predicted molar refractivity (Wildman–Crippen MR) is 147 cm³/mol. The van der Waals surface area contributed by atoms with Crippen molar-refractivity contribution in [1.29, 1.82) is 0 Å². The van der Waals surface area contributed by atoms with E-state index in [2.05, 4.69) is 65.2 Å². The molecule has 0 atom stereocenters. The molecule has 2 aliphatic heterocycles. The second kappa shape index (κ2) is 9.44. The van der Waals surface area contributed by atoms with Crippen molar-refractivity contribution in [2.24, 2.45) is 0 Å². The molecular weight excluding hydrogens is 462 g/mol. The van der Waals surface area contributed by atoms with Crippen molar-refractivity contribution in [2.45, 2.75) is 12.6 Å². The summed E-state index contributed by atoms with van der Waals surface area (Å²) in [7, 11) is 0. The molecule has 6 heterocycles. The van der Waals surface area contributed by atoms with Gasteiger partial charge >= 0.3 is 0 Å². The summed E-state index contributed by atoms with van der Waals surface area (Å²) in [6.07, 6.45) is 6.36. The van der Waals surface area contributed by atoms with Crippen molar-refractivity contribution in [3.8, 4) is 5.75 Å².